The van der Waals surface area contributed by atoms with Crippen molar-refractivity contribution in [1.82, 2.24) is 0 Å². The highest BCUT2D eigenvalue weighted by Gasteiger charge is 2.38. The number of rotatable bonds is 3. The molecule has 1 unspecified atom stereocenters. The smallest absolute Gasteiger partial charge is 0.339 e. The zero-order chi connectivity index (χ0) is 15.0. The summed E-state index contributed by atoms with van der Waals surface area (Å²) < 4.78 is 14.0. The molecule has 1 fully saturated rings. The zero-order valence-electron chi connectivity index (χ0n) is 9.97. The lowest BCUT2D eigenvalue weighted by molar-refractivity contribution is -0.141. The van der Waals surface area contributed by atoms with Gasteiger partial charge in [0.25, 0.3) is 0 Å². The van der Waals surface area contributed by atoms with Gasteiger partial charge in [0.05, 0.1) is 11.6 Å². The van der Waals surface area contributed by atoms with E-state index in [0.717, 1.165) is 11.0 Å². The monoisotopic (exact) mass is 345 g/mol. The van der Waals surface area contributed by atoms with Crippen LogP contribution in [0.5, 0.6) is 0 Å². The summed E-state index contributed by atoms with van der Waals surface area (Å²) in [6.07, 6.45) is -0.277. The number of nitrogens with zero attached hydrogens (tertiary/aromatic N) is 1. The van der Waals surface area contributed by atoms with Crippen molar-refractivity contribution in [2.45, 2.75) is 6.42 Å². The molecule has 8 heteroatoms. The van der Waals surface area contributed by atoms with Gasteiger partial charge in [-0.3, -0.25) is 9.59 Å². The minimum atomic E-state index is -1.40. The molecule has 1 aromatic rings. The van der Waals surface area contributed by atoms with Crippen LogP contribution >= 0.6 is 15.9 Å². The van der Waals surface area contributed by atoms with Gasteiger partial charge in [-0.05, 0) is 28.1 Å². The molecule has 1 saturated heterocycles. The Hall–Kier alpha value is -1.96. The molecule has 2 rings (SSSR count). The van der Waals surface area contributed by atoms with Crippen molar-refractivity contribution in [3.63, 3.8) is 0 Å². The van der Waals surface area contributed by atoms with Crippen LogP contribution in [0.15, 0.2) is 16.6 Å². The molecule has 6 nitrogen and oxygen atoms in total. The van der Waals surface area contributed by atoms with E-state index in [1.165, 1.54) is 6.07 Å². The molecule has 0 saturated carbocycles. The van der Waals surface area contributed by atoms with Crippen molar-refractivity contribution in [2.75, 3.05) is 11.4 Å². The van der Waals surface area contributed by atoms with E-state index in [0.29, 0.717) is 0 Å². The number of benzene rings is 1. The third-order valence-corrected chi connectivity index (χ3v) is 3.70. The zero-order valence-corrected chi connectivity index (χ0v) is 11.6. The number of hydrogen-bond acceptors (Lipinski definition) is 3. The summed E-state index contributed by atoms with van der Waals surface area (Å²) in [6, 6.07) is 2.24. The third-order valence-electron chi connectivity index (χ3n) is 3.04. The molecule has 20 heavy (non-hydrogen) atoms. The first-order valence-corrected chi connectivity index (χ1v) is 6.36. The van der Waals surface area contributed by atoms with Crippen LogP contribution in [0.25, 0.3) is 0 Å². The van der Waals surface area contributed by atoms with Crippen molar-refractivity contribution < 1.29 is 29.0 Å². The molecule has 0 aliphatic carbocycles. The van der Waals surface area contributed by atoms with Crippen LogP contribution in [0, 0.1) is 11.7 Å². The summed E-state index contributed by atoms with van der Waals surface area (Å²) in [4.78, 5) is 34.8. The fraction of sp³-hybridized carbons (Fsp3) is 0.250. The van der Waals surface area contributed by atoms with E-state index in [4.69, 9.17) is 10.2 Å². The van der Waals surface area contributed by atoms with E-state index < -0.39 is 40.8 Å². The Morgan fingerprint density at radius 1 is 1.35 bits per heavy atom. The molecular formula is C12H9BrFNO5. The number of carbonyl (C=O) groups excluding carboxylic acids is 1. The Morgan fingerprint density at radius 2 is 2.00 bits per heavy atom. The van der Waals surface area contributed by atoms with Crippen LogP contribution in [-0.2, 0) is 9.59 Å². The normalized spacial score (nSPS) is 18.4. The highest BCUT2D eigenvalue weighted by atomic mass is 79.9. The van der Waals surface area contributed by atoms with E-state index in [9.17, 15) is 18.8 Å². The average Bonchev–Trinajstić information content (AvgIpc) is 2.73. The van der Waals surface area contributed by atoms with E-state index in [-0.39, 0.29) is 17.4 Å². The van der Waals surface area contributed by atoms with Crippen LogP contribution < -0.4 is 4.90 Å². The van der Waals surface area contributed by atoms with E-state index >= 15 is 0 Å². The number of anilines is 1. The molecule has 0 bridgehead atoms. The number of aliphatic carboxylic acids is 1. The molecule has 0 radical (unpaired) electrons. The van der Waals surface area contributed by atoms with Crippen LogP contribution in [0.3, 0.4) is 0 Å². The first-order chi connectivity index (χ1) is 9.32. The number of halogens is 2. The number of aromatic carboxylic acids is 1. The first kappa shape index (κ1) is 14.4. The van der Waals surface area contributed by atoms with Crippen LogP contribution in [0.1, 0.15) is 16.8 Å². The van der Waals surface area contributed by atoms with E-state index in [1.807, 2.05) is 0 Å². The minimum Gasteiger partial charge on any atom is -0.481 e. The van der Waals surface area contributed by atoms with Crippen LogP contribution in [-0.4, -0.2) is 34.6 Å². The van der Waals surface area contributed by atoms with Crippen molar-refractivity contribution in [2.24, 2.45) is 5.92 Å². The Morgan fingerprint density at radius 3 is 2.50 bits per heavy atom. The van der Waals surface area contributed by atoms with E-state index in [1.54, 1.807) is 0 Å². The molecule has 1 amide bonds. The molecule has 1 heterocycles. The molecule has 1 atom stereocenters. The van der Waals surface area contributed by atoms with E-state index in [2.05, 4.69) is 15.9 Å². The molecule has 106 valence electrons. The summed E-state index contributed by atoms with van der Waals surface area (Å²) in [5.41, 5.74) is -0.801. The average molecular weight is 346 g/mol. The maximum Gasteiger partial charge on any atom is 0.339 e. The second kappa shape index (κ2) is 5.20. The summed E-state index contributed by atoms with van der Waals surface area (Å²) in [5, 5.41) is 18.0. The molecule has 2 N–H and O–H groups in total. The second-order valence-corrected chi connectivity index (χ2v) is 5.16. The number of carbonyl (C=O) groups is 3. The predicted octanol–water partition coefficient (Wildman–Crippen LogP) is 1.72. The van der Waals surface area contributed by atoms with Gasteiger partial charge >= 0.3 is 11.9 Å². The Bertz CT molecular complexity index is 618. The minimum absolute atomic E-state index is 0.118. The van der Waals surface area contributed by atoms with Gasteiger partial charge in [-0.1, -0.05) is 0 Å². The van der Waals surface area contributed by atoms with Crippen LogP contribution in [0.2, 0.25) is 0 Å². The summed E-state index contributed by atoms with van der Waals surface area (Å²) in [7, 11) is 0. The van der Waals surface area contributed by atoms with Gasteiger partial charge in [-0.25, -0.2) is 9.18 Å². The highest BCUT2D eigenvalue weighted by Crippen LogP contribution is 2.34. The Labute approximate surface area is 120 Å². The number of hydrogen-bond donors (Lipinski definition) is 2. The molecule has 0 spiro atoms. The molecule has 1 aliphatic rings. The first-order valence-electron chi connectivity index (χ1n) is 5.57. The molecule has 1 aliphatic heterocycles. The number of carboxylic acids is 2. The fourth-order valence-corrected chi connectivity index (χ4v) is 2.59. The van der Waals surface area contributed by atoms with Gasteiger partial charge < -0.3 is 15.1 Å². The lowest BCUT2D eigenvalue weighted by Crippen LogP contribution is -2.28. The SMILES string of the molecule is O=C(O)c1c(Br)ccc(F)c1N1CC(C(=O)O)CC1=O. The lowest BCUT2D eigenvalue weighted by atomic mass is 10.1. The van der Waals surface area contributed by atoms with Gasteiger partial charge in [-0.2, -0.15) is 0 Å². The maximum atomic E-state index is 13.9. The maximum absolute atomic E-state index is 13.9. The quantitative estimate of drug-likeness (QED) is 0.869. The summed E-state index contributed by atoms with van der Waals surface area (Å²) in [6.45, 7) is -0.248. The Balaban J connectivity index is 2.53. The second-order valence-electron chi connectivity index (χ2n) is 4.30. The lowest BCUT2D eigenvalue weighted by Gasteiger charge is -2.20. The van der Waals surface area contributed by atoms with Gasteiger partial charge in [0.1, 0.15) is 11.4 Å². The van der Waals surface area contributed by atoms with Gasteiger partial charge in [0.15, 0.2) is 0 Å². The summed E-state index contributed by atoms with van der Waals surface area (Å²) >= 11 is 2.99. The molecule has 0 aromatic heterocycles. The standard InChI is InChI=1S/C12H9BrFNO5/c13-6-1-2-7(14)10(9(6)12(19)20)15-4-5(11(17)18)3-8(15)16/h1-2,5H,3-4H2,(H,17,18)(H,19,20). The van der Waals surface area contributed by atoms with Crippen molar-refractivity contribution in [1.29, 1.82) is 0 Å². The third kappa shape index (κ3) is 2.38. The van der Waals surface area contributed by atoms with Gasteiger partial charge in [0, 0.05) is 17.4 Å². The highest BCUT2D eigenvalue weighted by molar-refractivity contribution is 9.10. The number of carboxylic acid groups (broad SMARTS) is 2. The summed E-state index contributed by atoms with van der Waals surface area (Å²) in [5.74, 6) is -5.05. The Kier molecular flexibility index (Phi) is 3.76. The number of amides is 1. The fourth-order valence-electron chi connectivity index (χ4n) is 2.10. The van der Waals surface area contributed by atoms with Crippen molar-refractivity contribution in [3.8, 4) is 0 Å². The predicted molar refractivity (Wildman–Crippen MR) is 69.2 cm³/mol. The molecule has 1 aromatic carbocycles. The van der Waals surface area contributed by atoms with Gasteiger partial charge in [0.2, 0.25) is 5.91 Å². The van der Waals surface area contributed by atoms with Crippen molar-refractivity contribution >= 4 is 39.5 Å². The van der Waals surface area contributed by atoms with Crippen LogP contribution in [0.4, 0.5) is 10.1 Å². The van der Waals surface area contributed by atoms with Crippen molar-refractivity contribution in [3.05, 3.63) is 28.0 Å². The molecular weight excluding hydrogens is 337 g/mol. The topological polar surface area (TPSA) is 94.9 Å². The van der Waals surface area contributed by atoms with Gasteiger partial charge in [-0.15, -0.1) is 0 Å². The largest absolute Gasteiger partial charge is 0.481 e.